The molecule has 0 saturated carbocycles. The molecule has 0 unspecified atom stereocenters. The Hall–Kier alpha value is -3.84. The van der Waals surface area contributed by atoms with Crippen LogP contribution in [0.1, 0.15) is 43.0 Å². The van der Waals surface area contributed by atoms with Crippen LogP contribution in [0.25, 0.3) is 11.0 Å². The number of aromatic nitrogens is 1. The number of urea groups is 1. The van der Waals surface area contributed by atoms with E-state index < -0.39 is 11.7 Å². The third kappa shape index (κ3) is 5.46. The summed E-state index contributed by atoms with van der Waals surface area (Å²) in [5.41, 5.74) is 3.07. The molecule has 0 saturated heterocycles. The van der Waals surface area contributed by atoms with Gasteiger partial charge in [0, 0.05) is 45.9 Å². The van der Waals surface area contributed by atoms with Crippen LogP contribution in [0.15, 0.2) is 63.9 Å². The Morgan fingerprint density at radius 1 is 1.11 bits per heavy atom. The number of benzene rings is 2. The molecule has 0 aliphatic carbocycles. The molecule has 4 aromatic rings. The van der Waals surface area contributed by atoms with Crippen LogP contribution in [-0.4, -0.2) is 16.1 Å². The zero-order valence-electron chi connectivity index (χ0n) is 19.9. The minimum Gasteiger partial charge on any atom is -0.508 e. The quantitative estimate of drug-likeness (QED) is 0.287. The van der Waals surface area contributed by atoms with Crippen molar-refractivity contribution in [2.24, 2.45) is 0 Å². The molecule has 7 nitrogen and oxygen atoms in total. The van der Waals surface area contributed by atoms with Crippen LogP contribution in [-0.2, 0) is 11.8 Å². The van der Waals surface area contributed by atoms with Crippen molar-refractivity contribution in [3.05, 3.63) is 92.4 Å². The number of nitrogens with one attached hydrogen (secondary N) is 2. The molecule has 4 rings (SSSR count). The number of rotatable bonds is 4. The molecular formula is C27H26ClN3O4. The minimum absolute atomic E-state index is 0.104. The first-order valence-electron chi connectivity index (χ1n) is 11.1. The van der Waals surface area contributed by atoms with Gasteiger partial charge in [-0.1, -0.05) is 44.5 Å². The number of pyridine rings is 1. The fourth-order valence-corrected chi connectivity index (χ4v) is 4.07. The molecule has 2 amide bonds. The van der Waals surface area contributed by atoms with Crippen molar-refractivity contribution in [2.75, 3.05) is 10.6 Å². The maximum Gasteiger partial charge on any atom is 0.340 e. The van der Waals surface area contributed by atoms with E-state index in [2.05, 4.69) is 15.6 Å². The molecule has 0 bridgehead atoms. The average Bonchev–Trinajstić information content (AvgIpc) is 2.76. The second-order valence-corrected chi connectivity index (χ2v) is 9.86. The van der Waals surface area contributed by atoms with Crippen LogP contribution in [0.5, 0.6) is 5.75 Å². The molecule has 0 aliphatic rings. The summed E-state index contributed by atoms with van der Waals surface area (Å²) in [6.07, 6.45) is 1.92. The van der Waals surface area contributed by atoms with Gasteiger partial charge in [0.25, 0.3) is 0 Å². The Labute approximate surface area is 207 Å². The van der Waals surface area contributed by atoms with Gasteiger partial charge in [-0.3, -0.25) is 5.32 Å². The van der Waals surface area contributed by atoms with E-state index in [1.54, 1.807) is 42.6 Å². The number of phenolic OH excluding ortho intramolecular Hbond substituents is 1. The average molecular weight is 492 g/mol. The second-order valence-electron chi connectivity index (χ2n) is 9.43. The number of hydrogen-bond donors (Lipinski definition) is 3. The number of carbonyl (C=O) groups excluding carboxylic acids is 1. The number of fused-ring (bicyclic) bond motifs is 1. The minimum atomic E-state index is -0.457. The largest absolute Gasteiger partial charge is 0.508 e. The van der Waals surface area contributed by atoms with Gasteiger partial charge in [-0.15, -0.1) is 0 Å². The Morgan fingerprint density at radius 2 is 1.89 bits per heavy atom. The lowest BCUT2D eigenvalue weighted by atomic mass is 9.85. The van der Waals surface area contributed by atoms with Gasteiger partial charge in [0.1, 0.15) is 17.2 Å². The number of hydrogen-bond acceptors (Lipinski definition) is 5. The molecule has 35 heavy (non-hydrogen) atoms. The Kier molecular flexibility index (Phi) is 6.54. The van der Waals surface area contributed by atoms with Gasteiger partial charge in [-0.2, -0.15) is 0 Å². The number of anilines is 2. The van der Waals surface area contributed by atoms with E-state index in [1.165, 1.54) is 6.07 Å². The van der Waals surface area contributed by atoms with Crippen molar-refractivity contribution >= 4 is 40.1 Å². The van der Waals surface area contributed by atoms with Crippen molar-refractivity contribution in [1.29, 1.82) is 0 Å². The topological polar surface area (TPSA) is 104 Å². The summed E-state index contributed by atoms with van der Waals surface area (Å²) >= 11 is 5.94. The number of carbonyl (C=O) groups is 1. The molecule has 2 heterocycles. The van der Waals surface area contributed by atoms with E-state index >= 15 is 0 Å². The van der Waals surface area contributed by atoms with Crippen LogP contribution >= 0.6 is 11.6 Å². The standard InChI is InChI=1S/C27H26ClN3O4/c1-15-19-12-21(27(2,3)4)22(32)13-23(19)35-25(33)20(15)10-16-8-9-24(29-14-16)31-26(34)30-18-7-5-6-17(28)11-18/h5-9,11-14,32H,10H2,1-4H3,(H2,29,30,31,34). The predicted molar refractivity (Wildman–Crippen MR) is 139 cm³/mol. The third-order valence-electron chi connectivity index (χ3n) is 5.74. The van der Waals surface area contributed by atoms with Gasteiger partial charge in [-0.25, -0.2) is 14.6 Å². The van der Waals surface area contributed by atoms with Crippen molar-refractivity contribution in [3.63, 3.8) is 0 Å². The summed E-state index contributed by atoms with van der Waals surface area (Å²) in [6, 6.07) is 13.2. The van der Waals surface area contributed by atoms with Gasteiger partial charge < -0.3 is 14.8 Å². The number of amides is 2. The molecular weight excluding hydrogens is 466 g/mol. The van der Waals surface area contributed by atoms with E-state index in [9.17, 15) is 14.7 Å². The Balaban J connectivity index is 1.54. The lowest BCUT2D eigenvalue weighted by Crippen LogP contribution is -2.20. The van der Waals surface area contributed by atoms with Crippen LogP contribution in [0, 0.1) is 6.92 Å². The van der Waals surface area contributed by atoms with E-state index in [4.69, 9.17) is 16.0 Å². The van der Waals surface area contributed by atoms with E-state index in [1.807, 2.05) is 33.8 Å². The summed E-state index contributed by atoms with van der Waals surface area (Å²) in [5, 5.41) is 17.1. The summed E-state index contributed by atoms with van der Waals surface area (Å²) in [5.74, 6) is 0.466. The van der Waals surface area contributed by atoms with Crippen LogP contribution in [0.2, 0.25) is 5.02 Å². The monoisotopic (exact) mass is 491 g/mol. The van der Waals surface area contributed by atoms with Gasteiger partial charge in [0.15, 0.2) is 0 Å². The molecule has 0 fully saturated rings. The van der Waals surface area contributed by atoms with Gasteiger partial charge >= 0.3 is 11.7 Å². The first kappa shape index (κ1) is 24.3. The Bertz CT molecular complexity index is 1470. The zero-order valence-corrected chi connectivity index (χ0v) is 20.7. The number of halogens is 1. The van der Waals surface area contributed by atoms with Crippen LogP contribution in [0.3, 0.4) is 0 Å². The molecule has 2 aromatic heterocycles. The molecule has 0 aliphatic heterocycles. The molecule has 0 spiro atoms. The SMILES string of the molecule is Cc1c(Cc2ccc(NC(=O)Nc3cccc(Cl)c3)nc2)c(=O)oc2cc(O)c(C(C)(C)C)cc12. The van der Waals surface area contributed by atoms with Crippen molar-refractivity contribution in [2.45, 2.75) is 39.5 Å². The highest BCUT2D eigenvalue weighted by Gasteiger charge is 2.21. The van der Waals surface area contributed by atoms with Gasteiger partial charge in [-0.05, 0) is 53.8 Å². The fourth-order valence-electron chi connectivity index (χ4n) is 3.88. The molecule has 3 N–H and O–H groups in total. The third-order valence-corrected chi connectivity index (χ3v) is 5.98. The van der Waals surface area contributed by atoms with Crippen molar-refractivity contribution in [3.8, 4) is 5.75 Å². The highest BCUT2D eigenvalue weighted by Crippen LogP contribution is 2.35. The molecule has 0 atom stereocenters. The van der Waals surface area contributed by atoms with E-state index in [0.717, 1.165) is 22.1 Å². The Morgan fingerprint density at radius 3 is 2.54 bits per heavy atom. The van der Waals surface area contributed by atoms with Crippen molar-refractivity contribution in [1.82, 2.24) is 4.98 Å². The maximum absolute atomic E-state index is 12.7. The number of aromatic hydroxyl groups is 1. The summed E-state index contributed by atoms with van der Waals surface area (Å²) in [4.78, 5) is 29.2. The molecule has 2 aromatic carbocycles. The molecule has 0 radical (unpaired) electrons. The first-order valence-corrected chi connectivity index (χ1v) is 11.5. The number of nitrogens with zero attached hydrogens (tertiary/aromatic N) is 1. The second kappa shape index (κ2) is 9.43. The summed E-state index contributed by atoms with van der Waals surface area (Å²) in [6.45, 7) is 7.92. The normalized spacial score (nSPS) is 11.5. The summed E-state index contributed by atoms with van der Waals surface area (Å²) < 4.78 is 5.53. The smallest absolute Gasteiger partial charge is 0.340 e. The highest BCUT2D eigenvalue weighted by molar-refractivity contribution is 6.30. The van der Waals surface area contributed by atoms with Crippen molar-refractivity contribution < 1.29 is 14.3 Å². The van der Waals surface area contributed by atoms with Crippen LogP contribution < -0.4 is 16.3 Å². The number of aryl methyl sites for hydroxylation is 1. The molecule has 180 valence electrons. The highest BCUT2D eigenvalue weighted by atomic mass is 35.5. The predicted octanol–water partition coefficient (Wildman–Crippen LogP) is 6.39. The fraction of sp³-hybridized carbons (Fsp3) is 0.222. The van der Waals surface area contributed by atoms with Crippen LogP contribution in [0.4, 0.5) is 16.3 Å². The van der Waals surface area contributed by atoms with Gasteiger partial charge in [0.05, 0.1) is 0 Å². The van der Waals surface area contributed by atoms with E-state index in [0.29, 0.717) is 34.1 Å². The van der Waals surface area contributed by atoms with Gasteiger partial charge in [0.2, 0.25) is 0 Å². The molecule has 8 heteroatoms. The summed E-state index contributed by atoms with van der Waals surface area (Å²) in [7, 11) is 0. The first-order chi connectivity index (χ1) is 16.5. The van der Waals surface area contributed by atoms with E-state index in [-0.39, 0.29) is 11.2 Å². The maximum atomic E-state index is 12.7. The lowest BCUT2D eigenvalue weighted by Gasteiger charge is -2.21. The lowest BCUT2D eigenvalue weighted by molar-refractivity contribution is 0.262. The number of phenols is 1. The zero-order chi connectivity index (χ0) is 25.3.